The molecular formula is C19H19N7O2. The summed E-state index contributed by atoms with van der Waals surface area (Å²) >= 11 is 0. The molecule has 0 aromatic carbocycles. The SMILES string of the molecule is CCCc1nc(-c2cccnc2)cn2c(C(Cc3c[nH]cn3)C(=O)O)nnc12. The number of aliphatic carboxylic acids is 1. The number of nitrogens with zero attached hydrogens (tertiary/aromatic N) is 6. The van der Waals surface area contributed by atoms with E-state index < -0.39 is 11.9 Å². The van der Waals surface area contributed by atoms with Crippen LogP contribution in [0, 0.1) is 0 Å². The first-order valence-corrected chi connectivity index (χ1v) is 9.02. The van der Waals surface area contributed by atoms with E-state index in [-0.39, 0.29) is 6.42 Å². The van der Waals surface area contributed by atoms with E-state index in [4.69, 9.17) is 4.98 Å². The number of pyridine rings is 1. The van der Waals surface area contributed by atoms with Crippen LogP contribution in [-0.4, -0.2) is 45.6 Å². The molecule has 0 aliphatic heterocycles. The molecule has 0 aliphatic rings. The third kappa shape index (κ3) is 3.34. The number of H-pyrrole nitrogens is 1. The topological polar surface area (TPSA) is 122 Å². The van der Waals surface area contributed by atoms with Crippen LogP contribution in [0.5, 0.6) is 0 Å². The molecule has 0 saturated carbocycles. The largest absolute Gasteiger partial charge is 0.481 e. The molecule has 1 unspecified atom stereocenters. The third-order valence-electron chi connectivity index (χ3n) is 4.51. The molecule has 0 radical (unpaired) electrons. The predicted molar refractivity (Wildman–Crippen MR) is 101 cm³/mol. The molecule has 9 nitrogen and oxygen atoms in total. The zero-order valence-electron chi connectivity index (χ0n) is 15.3. The number of imidazole rings is 1. The standard InChI is InChI=1S/C19H19N7O2/c1-2-4-15-18-25-24-17(14(19(27)28)7-13-9-21-11-22-13)26(18)10-16(23-15)12-5-3-6-20-8-12/h3,5-6,8-11,14H,2,4,7H2,1H3,(H,21,22)(H,27,28). The number of carbonyl (C=O) groups is 1. The minimum absolute atomic E-state index is 0.216. The lowest BCUT2D eigenvalue weighted by Crippen LogP contribution is -2.18. The van der Waals surface area contributed by atoms with Crippen molar-refractivity contribution in [3.05, 3.63) is 60.5 Å². The van der Waals surface area contributed by atoms with Crippen LogP contribution in [0.4, 0.5) is 0 Å². The first-order valence-electron chi connectivity index (χ1n) is 9.02. The lowest BCUT2D eigenvalue weighted by Gasteiger charge is -2.11. The van der Waals surface area contributed by atoms with Gasteiger partial charge in [-0.15, -0.1) is 10.2 Å². The fraction of sp³-hybridized carbons (Fsp3) is 0.263. The van der Waals surface area contributed by atoms with Gasteiger partial charge in [-0.1, -0.05) is 13.3 Å². The molecule has 9 heteroatoms. The van der Waals surface area contributed by atoms with Crippen LogP contribution in [0.2, 0.25) is 0 Å². The number of rotatable bonds is 7. The Morgan fingerprint density at radius 2 is 2.25 bits per heavy atom. The summed E-state index contributed by atoms with van der Waals surface area (Å²) in [6.45, 7) is 2.06. The van der Waals surface area contributed by atoms with Crippen molar-refractivity contribution in [3.8, 4) is 11.3 Å². The van der Waals surface area contributed by atoms with Crippen LogP contribution >= 0.6 is 0 Å². The van der Waals surface area contributed by atoms with Gasteiger partial charge in [0.1, 0.15) is 5.92 Å². The number of hydrogen-bond donors (Lipinski definition) is 2. The van der Waals surface area contributed by atoms with Crippen molar-refractivity contribution < 1.29 is 9.90 Å². The molecule has 0 spiro atoms. The Morgan fingerprint density at radius 1 is 1.36 bits per heavy atom. The van der Waals surface area contributed by atoms with Crippen molar-refractivity contribution in [2.75, 3.05) is 0 Å². The van der Waals surface area contributed by atoms with Crippen LogP contribution < -0.4 is 0 Å². The zero-order chi connectivity index (χ0) is 19.5. The second-order valence-corrected chi connectivity index (χ2v) is 6.47. The van der Waals surface area contributed by atoms with Crippen molar-refractivity contribution in [3.63, 3.8) is 0 Å². The number of carboxylic acid groups (broad SMARTS) is 1. The van der Waals surface area contributed by atoms with Crippen molar-refractivity contribution in [1.29, 1.82) is 0 Å². The first-order chi connectivity index (χ1) is 13.7. The number of aromatic nitrogens is 7. The smallest absolute Gasteiger partial charge is 0.314 e. The molecular weight excluding hydrogens is 358 g/mol. The molecule has 0 aliphatic carbocycles. The zero-order valence-corrected chi connectivity index (χ0v) is 15.3. The highest BCUT2D eigenvalue weighted by Gasteiger charge is 2.27. The van der Waals surface area contributed by atoms with E-state index in [1.165, 1.54) is 6.33 Å². The number of nitrogens with one attached hydrogen (secondary N) is 1. The van der Waals surface area contributed by atoms with Gasteiger partial charge >= 0.3 is 5.97 Å². The monoisotopic (exact) mass is 377 g/mol. The molecule has 4 heterocycles. The van der Waals surface area contributed by atoms with E-state index in [0.29, 0.717) is 29.3 Å². The lowest BCUT2D eigenvalue weighted by molar-refractivity contribution is -0.139. The van der Waals surface area contributed by atoms with E-state index in [1.807, 2.05) is 12.1 Å². The van der Waals surface area contributed by atoms with Gasteiger partial charge in [0.2, 0.25) is 0 Å². The molecule has 0 fully saturated rings. The van der Waals surface area contributed by atoms with Crippen LogP contribution in [0.15, 0.2) is 43.2 Å². The van der Waals surface area contributed by atoms with Crippen LogP contribution in [0.1, 0.15) is 36.5 Å². The molecule has 4 aromatic heterocycles. The van der Waals surface area contributed by atoms with Gasteiger partial charge in [0.25, 0.3) is 0 Å². The highest BCUT2D eigenvalue weighted by molar-refractivity contribution is 5.75. The normalized spacial score (nSPS) is 12.3. The van der Waals surface area contributed by atoms with E-state index in [0.717, 1.165) is 17.7 Å². The Bertz CT molecular complexity index is 1090. The lowest BCUT2D eigenvalue weighted by atomic mass is 10.0. The van der Waals surface area contributed by atoms with Gasteiger partial charge in [-0.3, -0.25) is 14.2 Å². The van der Waals surface area contributed by atoms with Gasteiger partial charge in [-0.2, -0.15) is 0 Å². The maximum absolute atomic E-state index is 12.0. The molecule has 0 bridgehead atoms. The van der Waals surface area contributed by atoms with Crippen molar-refractivity contribution in [2.24, 2.45) is 0 Å². The van der Waals surface area contributed by atoms with Crippen molar-refractivity contribution in [2.45, 2.75) is 32.1 Å². The summed E-state index contributed by atoms with van der Waals surface area (Å²) in [5.41, 5.74) is 3.57. The van der Waals surface area contributed by atoms with Crippen molar-refractivity contribution >= 4 is 11.6 Å². The fourth-order valence-electron chi connectivity index (χ4n) is 3.17. The Kier molecular flexibility index (Phi) is 4.79. The van der Waals surface area contributed by atoms with E-state index in [9.17, 15) is 9.90 Å². The Labute approximate surface area is 160 Å². The van der Waals surface area contributed by atoms with Crippen molar-refractivity contribution in [1.82, 2.24) is 34.5 Å². The van der Waals surface area contributed by atoms with Crippen LogP contribution in [0.3, 0.4) is 0 Å². The molecule has 142 valence electrons. The van der Waals surface area contributed by atoms with Gasteiger partial charge in [0.05, 0.1) is 23.4 Å². The fourth-order valence-corrected chi connectivity index (χ4v) is 3.17. The predicted octanol–water partition coefficient (Wildman–Crippen LogP) is 2.27. The van der Waals surface area contributed by atoms with Gasteiger partial charge in [0, 0.05) is 36.8 Å². The van der Waals surface area contributed by atoms with Gasteiger partial charge in [-0.25, -0.2) is 9.97 Å². The molecule has 1 atom stereocenters. The Hall–Kier alpha value is -3.62. The number of aromatic amines is 1. The first kappa shape index (κ1) is 17.8. The van der Waals surface area contributed by atoms with Gasteiger partial charge in [0.15, 0.2) is 11.5 Å². The summed E-state index contributed by atoms with van der Waals surface area (Å²) < 4.78 is 1.74. The molecule has 28 heavy (non-hydrogen) atoms. The summed E-state index contributed by atoms with van der Waals surface area (Å²) in [4.78, 5) is 27.9. The molecule has 0 saturated heterocycles. The summed E-state index contributed by atoms with van der Waals surface area (Å²) in [6, 6.07) is 3.75. The Morgan fingerprint density at radius 3 is 2.93 bits per heavy atom. The minimum atomic E-state index is -0.978. The van der Waals surface area contributed by atoms with E-state index in [2.05, 4.69) is 32.1 Å². The average Bonchev–Trinajstić information content (AvgIpc) is 3.36. The number of hydrogen-bond acceptors (Lipinski definition) is 6. The molecule has 2 N–H and O–H groups in total. The second kappa shape index (κ2) is 7.55. The van der Waals surface area contributed by atoms with Gasteiger partial charge < -0.3 is 10.1 Å². The molecule has 0 amide bonds. The minimum Gasteiger partial charge on any atom is -0.481 e. The third-order valence-corrected chi connectivity index (χ3v) is 4.51. The number of aryl methyl sites for hydroxylation is 1. The summed E-state index contributed by atoms with van der Waals surface area (Å²) in [5, 5.41) is 18.3. The van der Waals surface area contributed by atoms with Crippen LogP contribution in [0.25, 0.3) is 16.9 Å². The average molecular weight is 377 g/mol. The second-order valence-electron chi connectivity index (χ2n) is 6.47. The maximum atomic E-state index is 12.0. The van der Waals surface area contributed by atoms with Crippen LogP contribution in [-0.2, 0) is 17.6 Å². The highest BCUT2D eigenvalue weighted by atomic mass is 16.4. The Balaban J connectivity index is 1.86. The summed E-state index contributed by atoms with van der Waals surface area (Å²) in [7, 11) is 0. The number of fused-ring (bicyclic) bond motifs is 1. The summed E-state index contributed by atoms with van der Waals surface area (Å²) in [6.07, 6.45) is 10.2. The quantitative estimate of drug-likeness (QED) is 0.506. The number of carboxylic acids is 1. The molecule has 4 rings (SSSR count). The highest BCUT2D eigenvalue weighted by Crippen LogP contribution is 2.24. The van der Waals surface area contributed by atoms with Gasteiger partial charge in [-0.05, 0) is 18.6 Å². The maximum Gasteiger partial charge on any atom is 0.314 e. The summed E-state index contributed by atoms with van der Waals surface area (Å²) in [5.74, 6) is -1.50. The van der Waals surface area contributed by atoms with E-state index in [1.54, 1.807) is 29.2 Å². The molecule has 4 aromatic rings. The van der Waals surface area contributed by atoms with E-state index >= 15 is 0 Å².